The van der Waals surface area contributed by atoms with Gasteiger partial charge in [0.1, 0.15) is 66.5 Å². The molecular formula is C69H114N22O29. The van der Waals surface area contributed by atoms with E-state index in [1.54, 1.807) is 27.7 Å². The fourth-order valence-electron chi connectivity index (χ4n) is 10.6. The van der Waals surface area contributed by atoms with E-state index >= 15 is 0 Å². The van der Waals surface area contributed by atoms with Crippen LogP contribution in [0.25, 0.3) is 0 Å². The van der Waals surface area contributed by atoms with Crippen molar-refractivity contribution < 1.29 is 141 Å². The molecule has 0 unspecified atom stereocenters. The first-order chi connectivity index (χ1) is 55.9. The van der Waals surface area contributed by atoms with Crippen molar-refractivity contribution in [2.45, 2.75) is 230 Å². The summed E-state index contributed by atoms with van der Waals surface area (Å²) in [6.07, 6.45) is -8.90. The Morgan fingerprint density at radius 3 is 0.908 bits per heavy atom. The predicted octanol–water partition coefficient (Wildman–Crippen LogP) is -9.71. The Hall–Kier alpha value is -13.2. The highest BCUT2D eigenvalue weighted by Crippen LogP contribution is 2.15. The molecule has 0 saturated heterocycles. The van der Waals surface area contributed by atoms with E-state index in [0.29, 0.717) is 0 Å². The third-order valence-corrected chi connectivity index (χ3v) is 16.8. The summed E-state index contributed by atoms with van der Waals surface area (Å²) in [5, 5.41) is 120. The van der Waals surface area contributed by atoms with Gasteiger partial charge in [-0.2, -0.15) is 0 Å². The number of nitrogens with two attached hydrogens (primary N) is 3. The van der Waals surface area contributed by atoms with E-state index in [-0.39, 0.29) is 58.0 Å². The van der Waals surface area contributed by atoms with Crippen LogP contribution in [0.4, 0.5) is 0 Å². The van der Waals surface area contributed by atoms with Crippen molar-refractivity contribution in [1.82, 2.24) is 90.4 Å². The Labute approximate surface area is 686 Å². The minimum absolute atomic E-state index is 0.0228. The largest absolute Gasteiger partial charge is 0.481 e. The van der Waals surface area contributed by atoms with E-state index in [1.165, 1.54) is 20.8 Å². The molecule has 0 rings (SSSR count). The first kappa shape index (κ1) is 107. The molecule has 120 heavy (non-hydrogen) atoms. The normalized spacial score (nSPS) is 13.9. The zero-order chi connectivity index (χ0) is 91.8. The number of nitrogens with one attached hydrogen (secondary N) is 19. The molecular weight excluding hydrogens is 1600 g/mol. The smallest absolute Gasteiger partial charge is 0.326 e. The number of carboxylic acids is 7. The summed E-state index contributed by atoms with van der Waals surface area (Å²) < 4.78 is 0. The molecule has 12 atom stereocenters. The second kappa shape index (κ2) is 56.2. The van der Waals surface area contributed by atoms with Crippen LogP contribution in [-0.2, 0) is 105 Å². The number of amides is 15. The van der Waals surface area contributed by atoms with Crippen LogP contribution in [0.5, 0.6) is 0 Å². The molecule has 0 aromatic carbocycles. The topological polar surface area (TPSA) is 847 Å². The van der Waals surface area contributed by atoms with Crippen molar-refractivity contribution in [1.29, 1.82) is 10.8 Å². The number of guanidine groups is 2. The third-order valence-electron chi connectivity index (χ3n) is 16.8. The summed E-state index contributed by atoms with van der Waals surface area (Å²) in [6.45, 7) is 6.99. The zero-order valence-electron chi connectivity index (χ0n) is 67.3. The molecule has 15 amide bonds. The lowest BCUT2D eigenvalue weighted by Crippen LogP contribution is -2.61. The Balaban J connectivity index is 7.03. The molecule has 0 aliphatic carbocycles. The zero-order valence-corrected chi connectivity index (χ0v) is 67.3. The highest BCUT2D eigenvalue weighted by Gasteiger charge is 2.38. The van der Waals surface area contributed by atoms with Crippen LogP contribution in [0.3, 0.4) is 0 Å². The molecule has 0 spiro atoms. The molecule has 51 nitrogen and oxygen atoms in total. The number of carbonyl (C=O) groups excluding carboxylic acids is 15. The predicted molar refractivity (Wildman–Crippen MR) is 413 cm³/mol. The van der Waals surface area contributed by atoms with Crippen LogP contribution in [0.1, 0.15) is 158 Å². The van der Waals surface area contributed by atoms with Gasteiger partial charge in [-0.3, -0.25) is 112 Å². The first-order valence-corrected chi connectivity index (χ1v) is 37.8. The molecule has 32 N–H and O–H groups in total. The fraction of sp³-hybridized carbons (Fsp3) is 0.652. The number of rotatable bonds is 61. The molecule has 0 saturated carbocycles. The molecule has 0 radical (unpaired) electrons. The summed E-state index contributed by atoms with van der Waals surface area (Å²) in [5.74, 6) is -29.9. The van der Waals surface area contributed by atoms with Crippen LogP contribution in [0.2, 0.25) is 0 Å². The summed E-state index contributed by atoms with van der Waals surface area (Å²) in [4.78, 5) is 285. The van der Waals surface area contributed by atoms with Gasteiger partial charge in [-0.25, -0.2) is 4.79 Å². The van der Waals surface area contributed by atoms with Crippen LogP contribution >= 0.6 is 0 Å². The molecule has 0 fully saturated rings. The van der Waals surface area contributed by atoms with Gasteiger partial charge >= 0.3 is 41.8 Å². The van der Waals surface area contributed by atoms with E-state index in [9.17, 15) is 126 Å². The SMILES string of the molecule is CC(C)C[C@H](NC(=O)[C@H](CCCNC(=N)N)NC(=O)[C@H](CCC(=O)O)NC(=O)[C@H](C)NC(=O)[C@@H](N)CCC(=O)O)C(=O)N[C@@H](CC(C)C)C(=O)N[C@@H](CCC(=O)O)C(=O)N[C@@H](CCC(=O)O)C(=O)N[C@H](C(=O)N[C@@H](CCC(=O)O)C(=O)N[C@@H](CCCNC(=N)N)C(=O)NCC(=O)NCC(=O)NCC(=O)NCC(=O)N[C@@H](CC(=O)O)C(=O)O)C(C)C. The van der Waals surface area contributed by atoms with Crippen LogP contribution in [-0.4, -0.2) is 290 Å². The maximum absolute atomic E-state index is 14.5. The fourth-order valence-corrected chi connectivity index (χ4v) is 10.6. The molecule has 0 aromatic heterocycles. The first-order valence-electron chi connectivity index (χ1n) is 37.8. The van der Waals surface area contributed by atoms with Gasteiger partial charge in [0.2, 0.25) is 88.6 Å². The molecule has 0 aliphatic heterocycles. The number of hydrogen-bond donors (Lipinski definition) is 29. The van der Waals surface area contributed by atoms with Gasteiger partial charge in [0.25, 0.3) is 0 Å². The minimum Gasteiger partial charge on any atom is -0.481 e. The van der Waals surface area contributed by atoms with Crippen LogP contribution in [0, 0.1) is 28.6 Å². The lowest BCUT2D eigenvalue weighted by atomic mass is 9.99. The van der Waals surface area contributed by atoms with E-state index < -0.39 is 323 Å². The maximum atomic E-state index is 14.5. The number of hydrogen-bond acceptors (Lipinski definition) is 25. The van der Waals surface area contributed by atoms with Gasteiger partial charge in [-0.05, 0) is 95.3 Å². The second-order valence-electron chi connectivity index (χ2n) is 28.5. The molecule has 0 bridgehead atoms. The molecule has 0 aliphatic rings. The highest BCUT2D eigenvalue weighted by molar-refractivity contribution is 6.00. The average Bonchev–Trinajstić information content (AvgIpc) is 0.869. The number of carbonyl (C=O) groups is 22. The number of aliphatic carboxylic acids is 7. The second-order valence-corrected chi connectivity index (χ2v) is 28.5. The Morgan fingerprint density at radius 2 is 0.583 bits per heavy atom. The quantitative estimate of drug-likeness (QED) is 0.0153. The van der Waals surface area contributed by atoms with Gasteiger partial charge < -0.3 is 143 Å². The van der Waals surface area contributed by atoms with Gasteiger partial charge in [-0.1, -0.05) is 41.5 Å². The summed E-state index contributed by atoms with van der Waals surface area (Å²) in [7, 11) is 0. The summed E-state index contributed by atoms with van der Waals surface area (Å²) in [5.41, 5.74) is 16.6. The van der Waals surface area contributed by atoms with E-state index in [1.807, 2.05) is 10.6 Å². The van der Waals surface area contributed by atoms with E-state index in [0.717, 1.165) is 0 Å². The van der Waals surface area contributed by atoms with E-state index in [4.69, 9.17) is 43.3 Å². The standard InChI is InChI=1S/C69H114N22O29/c1-31(2)24-42(90-65(117)43(25-32(3)4)89-59(111)37(11-9-23-76-69(73)74)85-60(112)38(13-18-50(98)99)83-56(108)34(7)81-57(109)35(70)12-17-49(96)97)64(116)87-39(14-19-51(100)101)61(113)86-41(16-21-53(104)105)63(115)91-55(33(5)6)66(118)88-40(15-20-52(102)103)62(114)84-36(10-8-22-75-68(71)72)58(110)80-29-47(94)78-27-45(92)77-28-46(93)79-30-48(95)82-44(67(119)120)26-54(106)107/h31-44,55H,8-30,70H2,1-7H3,(H,77,92)(H,78,94)(H,79,93)(H,80,110)(H,81,109)(H,82,95)(H,83,108)(H,84,114)(H,85,112)(H,86,113)(H,87,116)(H,88,118)(H,89,111)(H,90,117)(H,91,115)(H,96,97)(H,98,99)(H,100,101)(H,102,103)(H,104,105)(H,106,107)(H,119,120)(H4,71,72,75)(H4,73,74,76)/t34-,35-,36-,37-,38-,39-,40-,41-,42-,43-,44-,55-/m0/s1. The number of carboxylic acid groups (broad SMARTS) is 7. The van der Waals surface area contributed by atoms with Crippen molar-refractivity contribution in [3.63, 3.8) is 0 Å². The van der Waals surface area contributed by atoms with Crippen LogP contribution in [0.15, 0.2) is 0 Å². The van der Waals surface area contributed by atoms with Crippen molar-refractivity contribution in [2.24, 2.45) is 35.0 Å². The van der Waals surface area contributed by atoms with Gasteiger partial charge in [0.05, 0.1) is 38.6 Å². The Morgan fingerprint density at radius 1 is 0.292 bits per heavy atom. The summed E-state index contributed by atoms with van der Waals surface area (Å²) in [6, 6.07) is -20.3. The summed E-state index contributed by atoms with van der Waals surface area (Å²) >= 11 is 0. The molecule has 674 valence electrons. The van der Waals surface area contributed by atoms with Gasteiger partial charge in [0, 0.05) is 45.2 Å². The van der Waals surface area contributed by atoms with Gasteiger partial charge in [0.15, 0.2) is 11.9 Å². The Bertz CT molecular complexity index is 3660. The molecule has 0 aromatic rings. The van der Waals surface area contributed by atoms with Gasteiger partial charge in [-0.15, -0.1) is 0 Å². The van der Waals surface area contributed by atoms with Crippen LogP contribution < -0.4 is 108 Å². The lowest BCUT2D eigenvalue weighted by Gasteiger charge is -2.29. The van der Waals surface area contributed by atoms with Crippen molar-refractivity contribution in [2.75, 3.05) is 39.3 Å². The average molecular weight is 1720 g/mol. The molecule has 51 heteroatoms. The lowest BCUT2D eigenvalue weighted by molar-refractivity contribution is -0.147. The monoisotopic (exact) mass is 1710 g/mol. The van der Waals surface area contributed by atoms with Crippen molar-refractivity contribution >= 4 is 142 Å². The van der Waals surface area contributed by atoms with E-state index in [2.05, 4.69) is 79.8 Å². The molecule has 0 heterocycles. The van der Waals surface area contributed by atoms with Crippen molar-refractivity contribution in [3.05, 3.63) is 0 Å². The third kappa shape index (κ3) is 47.8. The van der Waals surface area contributed by atoms with Crippen molar-refractivity contribution in [3.8, 4) is 0 Å². The minimum atomic E-state index is -1.95. The Kier molecular flexibility index (Phi) is 50.1. The highest BCUT2D eigenvalue weighted by atomic mass is 16.4. The maximum Gasteiger partial charge on any atom is 0.326 e.